The van der Waals surface area contributed by atoms with E-state index in [2.05, 4.69) is 5.92 Å². The van der Waals surface area contributed by atoms with Gasteiger partial charge in [0.25, 0.3) is 0 Å². The Hall–Kier alpha value is -1.46. The van der Waals surface area contributed by atoms with Gasteiger partial charge in [0.2, 0.25) is 0 Å². The van der Waals surface area contributed by atoms with E-state index in [-0.39, 0.29) is 5.75 Å². The molecular weight excluding hydrogens is 140 g/mol. The lowest BCUT2D eigenvalue weighted by molar-refractivity contribution is 0.233. The van der Waals surface area contributed by atoms with Gasteiger partial charge in [0.1, 0.15) is 11.9 Å². The number of terminal acetylenes is 1. The third kappa shape index (κ3) is 1.51. The standard InChI is InChI=1S/C9H8O2/c1-2-8(10)7-5-3-4-6-9(7)11/h1,3-6,8,10-11H/t8-/m0/s1. The molecule has 1 rings (SSSR count). The van der Waals surface area contributed by atoms with E-state index >= 15 is 0 Å². The highest BCUT2D eigenvalue weighted by Gasteiger charge is 2.06. The van der Waals surface area contributed by atoms with Gasteiger partial charge in [0.15, 0.2) is 0 Å². The summed E-state index contributed by atoms with van der Waals surface area (Å²) in [7, 11) is 0. The molecule has 0 aromatic heterocycles. The van der Waals surface area contributed by atoms with Crippen LogP contribution in [0.25, 0.3) is 0 Å². The first-order valence-electron chi connectivity index (χ1n) is 3.18. The van der Waals surface area contributed by atoms with Crippen molar-refractivity contribution in [3.05, 3.63) is 29.8 Å². The van der Waals surface area contributed by atoms with Crippen LogP contribution in [0.4, 0.5) is 0 Å². The van der Waals surface area contributed by atoms with E-state index in [1.165, 1.54) is 6.07 Å². The maximum absolute atomic E-state index is 9.16. The molecule has 0 bridgehead atoms. The molecule has 2 heteroatoms. The summed E-state index contributed by atoms with van der Waals surface area (Å²) in [5.74, 6) is 2.14. The maximum Gasteiger partial charge on any atom is 0.143 e. The zero-order chi connectivity index (χ0) is 8.27. The van der Waals surface area contributed by atoms with Gasteiger partial charge in [-0.3, -0.25) is 0 Å². The highest BCUT2D eigenvalue weighted by molar-refractivity contribution is 5.36. The largest absolute Gasteiger partial charge is 0.508 e. The fourth-order valence-corrected chi connectivity index (χ4v) is 0.809. The molecule has 0 aliphatic rings. The Labute approximate surface area is 65.1 Å². The van der Waals surface area contributed by atoms with Crippen LogP contribution in [0.5, 0.6) is 5.75 Å². The molecule has 0 saturated carbocycles. The molecule has 0 aliphatic carbocycles. The molecule has 1 aromatic carbocycles. The van der Waals surface area contributed by atoms with Gasteiger partial charge in [-0.15, -0.1) is 6.42 Å². The number of rotatable bonds is 1. The molecule has 0 radical (unpaired) electrons. The normalized spacial score (nSPS) is 12.0. The van der Waals surface area contributed by atoms with Crippen LogP contribution < -0.4 is 0 Å². The first-order valence-corrected chi connectivity index (χ1v) is 3.18. The molecule has 2 N–H and O–H groups in total. The van der Waals surface area contributed by atoms with E-state index in [0.29, 0.717) is 5.56 Å². The topological polar surface area (TPSA) is 40.5 Å². The predicted octanol–water partition coefficient (Wildman–Crippen LogP) is 1.06. The molecule has 0 spiro atoms. The van der Waals surface area contributed by atoms with Crippen molar-refractivity contribution in [3.63, 3.8) is 0 Å². The summed E-state index contributed by atoms with van der Waals surface area (Å²) < 4.78 is 0. The molecule has 0 heterocycles. The summed E-state index contributed by atoms with van der Waals surface area (Å²) in [5.41, 5.74) is 0.370. The van der Waals surface area contributed by atoms with Gasteiger partial charge in [-0.2, -0.15) is 0 Å². The minimum Gasteiger partial charge on any atom is -0.508 e. The second-order valence-electron chi connectivity index (χ2n) is 2.13. The van der Waals surface area contributed by atoms with Crippen LogP contribution >= 0.6 is 0 Å². The minimum atomic E-state index is -1.02. The van der Waals surface area contributed by atoms with Gasteiger partial charge in [-0.05, 0) is 6.07 Å². The third-order valence-corrected chi connectivity index (χ3v) is 1.39. The number of aliphatic hydroxyl groups is 1. The lowest BCUT2D eigenvalue weighted by Crippen LogP contribution is -1.92. The van der Waals surface area contributed by atoms with E-state index in [4.69, 9.17) is 16.6 Å². The van der Waals surface area contributed by atoms with Crippen molar-refractivity contribution >= 4 is 0 Å². The molecule has 56 valence electrons. The third-order valence-electron chi connectivity index (χ3n) is 1.39. The number of benzene rings is 1. The number of phenolic OH excluding ortho intramolecular Hbond substituents is 1. The van der Waals surface area contributed by atoms with Gasteiger partial charge in [-0.1, -0.05) is 24.1 Å². The molecule has 0 aliphatic heterocycles. The summed E-state index contributed by atoms with van der Waals surface area (Å²) in [5, 5.41) is 18.3. The summed E-state index contributed by atoms with van der Waals surface area (Å²) in [6.45, 7) is 0. The molecule has 2 nitrogen and oxygen atoms in total. The van der Waals surface area contributed by atoms with Crippen molar-refractivity contribution in [1.29, 1.82) is 0 Å². The van der Waals surface area contributed by atoms with Crippen LogP contribution in [-0.2, 0) is 0 Å². The van der Waals surface area contributed by atoms with Crippen LogP contribution in [0.1, 0.15) is 11.7 Å². The number of aliphatic hydroxyl groups excluding tert-OH is 1. The van der Waals surface area contributed by atoms with Gasteiger partial charge >= 0.3 is 0 Å². The Morgan fingerprint density at radius 3 is 2.55 bits per heavy atom. The van der Waals surface area contributed by atoms with Crippen molar-refractivity contribution in [3.8, 4) is 18.1 Å². The summed E-state index contributed by atoms with van der Waals surface area (Å²) in [6, 6.07) is 6.44. The molecule has 11 heavy (non-hydrogen) atoms. The van der Waals surface area contributed by atoms with Gasteiger partial charge < -0.3 is 10.2 Å². The monoisotopic (exact) mass is 148 g/mol. The zero-order valence-corrected chi connectivity index (χ0v) is 5.86. The average Bonchev–Trinajstić information content (AvgIpc) is 2.04. The lowest BCUT2D eigenvalue weighted by atomic mass is 10.1. The SMILES string of the molecule is C#C[C@H](O)c1ccccc1O. The van der Waals surface area contributed by atoms with Crippen LogP contribution in [0.15, 0.2) is 24.3 Å². The van der Waals surface area contributed by atoms with Crippen LogP contribution in [0, 0.1) is 12.3 Å². The van der Waals surface area contributed by atoms with E-state index in [1.54, 1.807) is 18.2 Å². The Bertz CT molecular complexity index is 286. The molecule has 1 aromatic rings. The quantitative estimate of drug-likeness (QED) is 0.584. The van der Waals surface area contributed by atoms with Crippen molar-refractivity contribution < 1.29 is 10.2 Å². The summed E-state index contributed by atoms with van der Waals surface area (Å²) in [6.07, 6.45) is 3.94. The molecule has 0 amide bonds. The number of hydrogen-bond acceptors (Lipinski definition) is 2. The Morgan fingerprint density at radius 1 is 1.36 bits per heavy atom. The molecule has 0 unspecified atom stereocenters. The number of phenols is 1. The molecule has 0 fully saturated rings. The number of aromatic hydroxyl groups is 1. The van der Waals surface area contributed by atoms with Gasteiger partial charge in [0, 0.05) is 5.56 Å². The Balaban J connectivity index is 3.05. The number of para-hydroxylation sites is 1. The van der Waals surface area contributed by atoms with E-state index in [0.717, 1.165) is 0 Å². The fraction of sp³-hybridized carbons (Fsp3) is 0.111. The Morgan fingerprint density at radius 2 is 2.00 bits per heavy atom. The zero-order valence-electron chi connectivity index (χ0n) is 5.86. The highest BCUT2D eigenvalue weighted by Crippen LogP contribution is 2.22. The van der Waals surface area contributed by atoms with E-state index < -0.39 is 6.10 Å². The highest BCUT2D eigenvalue weighted by atomic mass is 16.3. The van der Waals surface area contributed by atoms with Crippen LogP contribution in [0.2, 0.25) is 0 Å². The Kier molecular flexibility index (Phi) is 2.15. The van der Waals surface area contributed by atoms with Crippen molar-refractivity contribution in [2.75, 3.05) is 0 Å². The van der Waals surface area contributed by atoms with Crippen molar-refractivity contribution in [2.24, 2.45) is 0 Å². The average molecular weight is 148 g/mol. The fourth-order valence-electron chi connectivity index (χ4n) is 0.809. The predicted molar refractivity (Wildman–Crippen MR) is 41.9 cm³/mol. The first-order chi connectivity index (χ1) is 5.25. The molecular formula is C9H8O2. The van der Waals surface area contributed by atoms with Crippen LogP contribution in [0.3, 0.4) is 0 Å². The second-order valence-corrected chi connectivity index (χ2v) is 2.13. The van der Waals surface area contributed by atoms with Gasteiger partial charge in [0.05, 0.1) is 0 Å². The lowest BCUT2D eigenvalue weighted by Gasteiger charge is -2.04. The van der Waals surface area contributed by atoms with Crippen LogP contribution in [-0.4, -0.2) is 10.2 Å². The maximum atomic E-state index is 9.16. The van der Waals surface area contributed by atoms with Crippen molar-refractivity contribution in [1.82, 2.24) is 0 Å². The second kappa shape index (κ2) is 3.09. The van der Waals surface area contributed by atoms with Gasteiger partial charge in [-0.25, -0.2) is 0 Å². The summed E-state index contributed by atoms with van der Waals surface area (Å²) in [4.78, 5) is 0. The summed E-state index contributed by atoms with van der Waals surface area (Å²) >= 11 is 0. The first kappa shape index (κ1) is 7.64. The number of hydrogen-bond donors (Lipinski definition) is 2. The van der Waals surface area contributed by atoms with E-state index in [9.17, 15) is 0 Å². The molecule has 0 saturated heterocycles. The smallest absolute Gasteiger partial charge is 0.143 e. The van der Waals surface area contributed by atoms with E-state index in [1.807, 2.05) is 0 Å². The minimum absolute atomic E-state index is 0.0259. The molecule has 1 atom stereocenters. The van der Waals surface area contributed by atoms with Crippen molar-refractivity contribution in [2.45, 2.75) is 6.10 Å².